The number of carbonyl (C=O) groups excluding carboxylic acids is 1. The average molecular weight is 258 g/mol. The summed E-state index contributed by atoms with van der Waals surface area (Å²) < 4.78 is 10.3. The molecule has 0 bridgehead atoms. The standard InChI is InChI=1S/C13H26N2O3/c1-5-18-12(16)13(14-2,11-6-7-11)10-15(3)8-9-17-4/h11,14H,5-10H2,1-4H3. The molecule has 1 saturated carbocycles. The minimum absolute atomic E-state index is 0.126. The molecule has 18 heavy (non-hydrogen) atoms. The molecule has 0 aromatic rings. The Labute approximate surface area is 110 Å². The van der Waals surface area contributed by atoms with Gasteiger partial charge in [-0.25, -0.2) is 4.79 Å². The van der Waals surface area contributed by atoms with E-state index in [2.05, 4.69) is 10.2 Å². The van der Waals surface area contributed by atoms with Crippen LogP contribution in [0.15, 0.2) is 0 Å². The Hall–Kier alpha value is -0.650. The zero-order chi connectivity index (χ0) is 13.6. The Kier molecular flexibility index (Phi) is 6.05. The Morgan fingerprint density at radius 1 is 1.50 bits per heavy atom. The third-order valence-corrected chi connectivity index (χ3v) is 3.56. The van der Waals surface area contributed by atoms with Crippen molar-refractivity contribution in [3.05, 3.63) is 0 Å². The first-order chi connectivity index (χ1) is 8.60. The zero-order valence-electron chi connectivity index (χ0n) is 12.0. The lowest BCUT2D eigenvalue weighted by molar-refractivity contribution is -0.153. The van der Waals surface area contributed by atoms with Crippen LogP contribution in [0.4, 0.5) is 0 Å². The molecule has 1 aliphatic carbocycles. The third kappa shape index (κ3) is 3.67. The van der Waals surface area contributed by atoms with Crippen LogP contribution < -0.4 is 5.32 Å². The van der Waals surface area contributed by atoms with E-state index in [1.165, 1.54) is 0 Å². The molecule has 106 valence electrons. The molecular formula is C13H26N2O3. The van der Waals surface area contributed by atoms with Gasteiger partial charge in [-0.1, -0.05) is 0 Å². The lowest BCUT2D eigenvalue weighted by atomic mass is 9.92. The molecule has 1 N–H and O–H groups in total. The van der Waals surface area contributed by atoms with Crippen LogP contribution in [0, 0.1) is 5.92 Å². The van der Waals surface area contributed by atoms with E-state index in [1.807, 2.05) is 21.0 Å². The summed E-state index contributed by atoms with van der Waals surface area (Å²) in [6.45, 7) is 4.42. The molecule has 0 heterocycles. The summed E-state index contributed by atoms with van der Waals surface area (Å²) in [6, 6.07) is 0. The monoisotopic (exact) mass is 258 g/mol. The van der Waals surface area contributed by atoms with Crippen LogP contribution in [0.1, 0.15) is 19.8 Å². The molecule has 0 aromatic heterocycles. The summed E-state index contributed by atoms with van der Waals surface area (Å²) >= 11 is 0. The number of esters is 1. The Balaban J connectivity index is 2.67. The highest BCUT2D eigenvalue weighted by Gasteiger charge is 2.51. The van der Waals surface area contributed by atoms with Crippen molar-refractivity contribution in [2.24, 2.45) is 5.92 Å². The van der Waals surface area contributed by atoms with Gasteiger partial charge in [0.2, 0.25) is 0 Å². The van der Waals surface area contributed by atoms with E-state index in [0.29, 0.717) is 25.7 Å². The van der Waals surface area contributed by atoms with E-state index in [-0.39, 0.29) is 5.97 Å². The summed E-state index contributed by atoms with van der Waals surface area (Å²) in [7, 11) is 5.54. The minimum Gasteiger partial charge on any atom is -0.465 e. The first kappa shape index (κ1) is 15.4. The number of hydrogen-bond donors (Lipinski definition) is 1. The molecule has 1 rings (SSSR count). The summed E-state index contributed by atoms with van der Waals surface area (Å²) in [4.78, 5) is 14.4. The van der Waals surface area contributed by atoms with Gasteiger partial charge in [0.1, 0.15) is 5.54 Å². The molecule has 1 fully saturated rings. The van der Waals surface area contributed by atoms with Crippen LogP contribution in [0.25, 0.3) is 0 Å². The molecule has 1 atom stereocenters. The second kappa shape index (κ2) is 7.07. The van der Waals surface area contributed by atoms with Gasteiger partial charge >= 0.3 is 5.97 Å². The van der Waals surface area contributed by atoms with E-state index in [0.717, 1.165) is 19.4 Å². The molecule has 0 amide bonds. The summed E-state index contributed by atoms with van der Waals surface area (Å²) in [5.74, 6) is 0.269. The molecule has 5 heteroatoms. The number of rotatable bonds is 9. The fourth-order valence-corrected chi connectivity index (χ4v) is 2.33. The van der Waals surface area contributed by atoms with Crippen molar-refractivity contribution in [2.75, 3.05) is 47.5 Å². The fourth-order valence-electron chi connectivity index (χ4n) is 2.33. The first-order valence-corrected chi connectivity index (χ1v) is 6.64. The van der Waals surface area contributed by atoms with Crippen molar-refractivity contribution in [2.45, 2.75) is 25.3 Å². The Morgan fingerprint density at radius 2 is 2.17 bits per heavy atom. The van der Waals surface area contributed by atoms with Crippen molar-refractivity contribution in [1.82, 2.24) is 10.2 Å². The molecule has 0 aliphatic heterocycles. The molecule has 0 saturated heterocycles. The van der Waals surface area contributed by atoms with Gasteiger partial charge in [-0.3, -0.25) is 0 Å². The highest BCUT2D eigenvalue weighted by molar-refractivity contribution is 5.82. The lowest BCUT2D eigenvalue weighted by Gasteiger charge is -2.35. The minimum atomic E-state index is -0.557. The number of likely N-dealkylation sites (N-methyl/N-ethyl adjacent to an activating group) is 2. The maximum absolute atomic E-state index is 12.2. The SMILES string of the molecule is CCOC(=O)C(CN(C)CCOC)(NC)C1CC1. The molecular weight excluding hydrogens is 232 g/mol. The van der Waals surface area contributed by atoms with Crippen LogP contribution >= 0.6 is 0 Å². The molecule has 0 radical (unpaired) electrons. The Bertz CT molecular complexity index is 269. The van der Waals surface area contributed by atoms with E-state index >= 15 is 0 Å². The number of nitrogens with one attached hydrogen (secondary N) is 1. The average Bonchev–Trinajstić information content (AvgIpc) is 3.18. The molecule has 0 spiro atoms. The normalized spacial score (nSPS) is 18.7. The summed E-state index contributed by atoms with van der Waals surface area (Å²) in [6.07, 6.45) is 2.19. The second-order valence-corrected chi connectivity index (χ2v) is 4.95. The van der Waals surface area contributed by atoms with Gasteiger partial charge in [0.05, 0.1) is 13.2 Å². The largest absolute Gasteiger partial charge is 0.465 e. The van der Waals surface area contributed by atoms with Crippen LogP contribution in [0.3, 0.4) is 0 Å². The van der Waals surface area contributed by atoms with Crippen LogP contribution in [0.2, 0.25) is 0 Å². The first-order valence-electron chi connectivity index (χ1n) is 6.64. The summed E-state index contributed by atoms with van der Waals surface area (Å²) in [5.41, 5.74) is -0.557. The van der Waals surface area contributed by atoms with Crippen molar-refractivity contribution in [1.29, 1.82) is 0 Å². The molecule has 5 nitrogen and oxygen atoms in total. The van der Waals surface area contributed by atoms with Crippen LogP contribution in [-0.2, 0) is 14.3 Å². The van der Waals surface area contributed by atoms with Gasteiger partial charge in [-0.2, -0.15) is 0 Å². The van der Waals surface area contributed by atoms with Gasteiger partial charge in [0.25, 0.3) is 0 Å². The maximum Gasteiger partial charge on any atom is 0.327 e. The van der Waals surface area contributed by atoms with Crippen molar-refractivity contribution >= 4 is 5.97 Å². The van der Waals surface area contributed by atoms with Gasteiger partial charge in [0.15, 0.2) is 0 Å². The molecule has 1 aliphatic rings. The van der Waals surface area contributed by atoms with Crippen molar-refractivity contribution in [3.63, 3.8) is 0 Å². The second-order valence-electron chi connectivity index (χ2n) is 4.95. The zero-order valence-corrected chi connectivity index (χ0v) is 12.0. The van der Waals surface area contributed by atoms with E-state index in [1.54, 1.807) is 7.11 Å². The predicted molar refractivity (Wildman–Crippen MR) is 70.5 cm³/mol. The summed E-state index contributed by atoms with van der Waals surface area (Å²) in [5, 5.41) is 3.21. The fraction of sp³-hybridized carbons (Fsp3) is 0.923. The van der Waals surface area contributed by atoms with Crippen molar-refractivity contribution < 1.29 is 14.3 Å². The number of ether oxygens (including phenoxy) is 2. The number of carbonyl (C=O) groups is 1. The molecule has 0 aromatic carbocycles. The van der Waals surface area contributed by atoms with Crippen LogP contribution in [-0.4, -0.2) is 63.9 Å². The molecule has 1 unspecified atom stereocenters. The van der Waals surface area contributed by atoms with Crippen molar-refractivity contribution in [3.8, 4) is 0 Å². The number of methoxy groups -OCH3 is 1. The van der Waals surface area contributed by atoms with E-state index in [9.17, 15) is 4.79 Å². The number of nitrogens with zero attached hydrogens (tertiary/aromatic N) is 1. The topological polar surface area (TPSA) is 50.8 Å². The third-order valence-electron chi connectivity index (χ3n) is 3.56. The highest BCUT2D eigenvalue weighted by Crippen LogP contribution is 2.40. The van der Waals surface area contributed by atoms with Crippen LogP contribution in [0.5, 0.6) is 0 Å². The quantitative estimate of drug-likeness (QED) is 0.610. The van der Waals surface area contributed by atoms with Gasteiger partial charge in [0, 0.05) is 20.2 Å². The predicted octanol–water partition coefficient (Wildman–Crippen LogP) is 0.496. The maximum atomic E-state index is 12.2. The number of hydrogen-bond acceptors (Lipinski definition) is 5. The lowest BCUT2D eigenvalue weighted by Crippen LogP contribution is -2.60. The van der Waals surface area contributed by atoms with E-state index < -0.39 is 5.54 Å². The highest BCUT2D eigenvalue weighted by atomic mass is 16.5. The van der Waals surface area contributed by atoms with Gasteiger partial charge in [-0.05, 0) is 39.8 Å². The smallest absolute Gasteiger partial charge is 0.327 e. The Morgan fingerprint density at radius 3 is 2.61 bits per heavy atom. The van der Waals surface area contributed by atoms with Gasteiger partial charge < -0.3 is 19.7 Å². The van der Waals surface area contributed by atoms with E-state index in [4.69, 9.17) is 9.47 Å². The van der Waals surface area contributed by atoms with Gasteiger partial charge in [-0.15, -0.1) is 0 Å².